The van der Waals surface area contributed by atoms with Gasteiger partial charge in [0.05, 0.1) is 43.6 Å². The maximum Gasteiger partial charge on any atom is 0.408 e. The SMILES string of the molecule is COc1ccc(C)cc1C(=O)OC1[C@@H]2[C@]3(OC(C)=O)CO[C@@H]3C[C@H](O)[C@@]2(C)C(=O)[C@H](OC(=O)CCSSC)C2=C(C)[C@@H](OC(=O)[C@H](O)[C@H](C=C(C)C)NC(=O)OC(C)(C)C)C[C@]1(O)C2(C)C. The van der Waals surface area contributed by atoms with Crippen LogP contribution in [-0.2, 0) is 47.6 Å². The van der Waals surface area contributed by atoms with Gasteiger partial charge in [-0.1, -0.05) is 58.7 Å². The summed E-state index contributed by atoms with van der Waals surface area (Å²) in [4.78, 5) is 84.7. The predicted octanol–water partition coefficient (Wildman–Crippen LogP) is 5.12. The largest absolute Gasteiger partial charge is 0.496 e. The summed E-state index contributed by atoms with van der Waals surface area (Å²) in [6.45, 7) is 16.9. The normalized spacial score (nSPS) is 30.9. The van der Waals surface area contributed by atoms with Crippen LogP contribution in [0.15, 0.2) is 41.0 Å². The molecule has 2 bridgehead atoms. The van der Waals surface area contributed by atoms with E-state index in [-0.39, 0.29) is 41.9 Å². The Hall–Kier alpha value is -4.14. The van der Waals surface area contributed by atoms with Crippen LogP contribution in [-0.4, -0.2) is 136 Å². The lowest BCUT2D eigenvalue weighted by Gasteiger charge is -2.67. The summed E-state index contributed by atoms with van der Waals surface area (Å²) in [6, 6.07) is 3.41. The van der Waals surface area contributed by atoms with Crippen molar-refractivity contribution in [1.29, 1.82) is 0 Å². The van der Waals surface area contributed by atoms with Gasteiger partial charge in [0, 0.05) is 30.9 Å². The van der Waals surface area contributed by atoms with Crippen molar-refractivity contribution in [2.45, 2.75) is 155 Å². The molecular formula is C47H65NO16S2. The molecule has 366 valence electrons. The second-order valence-electron chi connectivity index (χ2n) is 19.5. The van der Waals surface area contributed by atoms with Gasteiger partial charge in [-0.05, 0) is 84.9 Å². The predicted molar refractivity (Wildman–Crippen MR) is 243 cm³/mol. The highest BCUT2D eigenvalue weighted by Gasteiger charge is 2.78. The molecule has 0 aromatic heterocycles. The number of nitrogens with one attached hydrogen (secondary N) is 1. The van der Waals surface area contributed by atoms with Crippen molar-refractivity contribution in [3.05, 3.63) is 52.1 Å². The third kappa shape index (κ3) is 10.0. The molecule has 5 rings (SSSR count). The lowest BCUT2D eigenvalue weighted by molar-refractivity contribution is -0.346. The van der Waals surface area contributed by atoms with Crippen LogP contribution in [0.4, 0.5) is 4.79 Å². The minimum absolute atomic E-state index is 0.0123. The Balaban J connectivity index is 1.78. The summed E-state index contributed by atoms with van der Waals surface area (Å²) in [6.07, 6.45) is -8.59. The van der Waals surface area contributed by atoms with Crippen molar-refractivity contribution < 1.29 is 77.2 Å². The van der Waals surface area contributed by atoms with E-state index in [0.717, 1.165) is 6.92 Å². The number of allylic oxidation sites excluding steroid dienone is 1. The molecule has 3 fully saturated rings. The van der Waals surface area contributed by atoms with Gasteiger partial charge in [0.25, 0.3) is 0 Å². The van der Waals surface area contributed by atoms with Gasteiger partial charge < -0.3 is 53.8 Å². The van der Waals surface area contributed by atoms with Gasteiger partial charge in [-0.2, -0.15) is 0 Å². The van der Waals surface area contributed by atoms with Gasteiger partial charge >= 0.3 is 30.0 Å². The number of Topliss-reactive ketones (excluding diaryl/α,β-unsaturated/α-hetero) is 1. The zero-order valence-electron chi connectivity index (χ0n) is 39.9. The number of aliphatic hydroxyl groups excluding tert-OH is 2. The lowest BCUT2D eigenvalue weighted by Crippen LogP contribution is -2.82. The van der Waals surface area contributed by atoms with Crippen LogP contribution in [0.5, 0.6) is 5.75 Å². The highest BCUT2D eigenvalue weighted by Crippen LogP contribution is 2.64. The third-order valence-corrected chi connectivity index (χ3v) is 15.1. The molecular weight excluding hydrogens is 899 g/mol. The monoisotopic (exact) mass is 963 g/mol. The van der Waals surface area contributed by atoms with Crippen LogP contribution < -0.4 is 10.1 Å². The minimum Gasteiger partial charge on any atom is -0.496 e. The number of carbonyl (C=O) groups is 6. The van der Waals surface area contributed by atoms with Gasteiger partial charge in [-0.15, -0.1) is 0 Å². The summed E-state index contributed by atoms with van der Waals surface area (Å²) in [5.41, 5.74) is -7.66. The molecule has 11 atom stereocenters. The van der Waals surface area contributed by atoms with Crippen molar-refractivity contribution in [3.8, 4) is 5.75 Å². The Kier molecular flexibility index (Phi) is 15.9. The van der Waals surface area contributed by atoms with Crippen molar-refractivity contribution in [2.75, 3.05) is 25.7 Å². The van der Waals surface area contributed by atoms with Crippen LogP contribution in [0.2, 0.25) is 0 Å². The number of ketones is 1. The molecule has 19 heteroatoms. The van der Waals surface area contributed by atoms with Crippen LogP contribution in [0.3, 0.4) is 0 Å². The molecule has 1 aromatic rings. The quantitative estimate of drug-likeness (QED) is 0.0622. The van der Waals surface area contributed by atoms with Crippen LogP contribution in [0, 0.1) is 23.7 Å². The molecule has 66 heavy (non-hydrogen) atoms. The number of fused-ring (bicyclic) bond motifs is 5. The minimum atomic E-state index is -2.45. The number of amides is 1. The molecule has 1 saturated heterocycles. The van der Waals surface area contributed by atoms with Crippen LogP contribution >= 0.6 is 21.6 Å². The lowest BCUT2D eigenvalue weighted by atomic mass is 9.44. The number of rotatable bonds is 14. The van der Waals surface area contributed by atoms with Crippen molar-refractivity contribution >= 4 is 57.3 Å². The number of ether oxygens (including phenoxy) is 7. The van der Waals surface area contributed by atoms with E-state index in [9.17, 15) is 39.3 Å². The fourth-order valence-electron chi connectivity index (χ4n) is 10.0. The third-order valence-electron chi connectivity index (χ3n) is 13.3. The first-order chi connectivity index (χ1) is 30.6. The van der Waals surface area contributed by atoms with Gasteiger partial charge in [0.15, 0.2) is 23.6 Å². The highest BCUT2D eigenvalue weighted by molar-refractivity contribution is 8.76. The van der Waals surface area contributed by atoms with Crippen LogP contribution in [0.25, 0.3) is 0 Å². The molecule has 1 aliphatic heterocycles. The molecule has 4 aliphatic rings. The molecule has 1 unspecified atom stereocenters. The van der Waals surface area contributed by atoms with Gasteiger partial charge in [-0.3, -0.25) is 14.4 Å². The number of carbonyl (C=O) groups excluding carboxylic acids is 6. The van der Waals surface area contributed by atoms with E-state index < -0.39 is 118 Å². The fourth-order valence-corrected chi connectivity index (χ4v) is 11.2. The first kappa shape index (κ1) is 52.8. The number of aryl methyl sites for hydroxylation is 1. The number of methoxy groups -OCH3 is 1. The number of esters is 4. The Bertz CT molecular complexity index is 2150. The van der Waals surface area contributed by atoms with E-state index in [1.807, 2.05) is 6.26 Å². The van der Waals surface area contributed by atoms with Gasteiger partial charge in [0.2, 0.25) is 0 Å². The van der Waals surface area contributed by atoms with E-state index >= 15 is 4.79 Å². The molecule has 1 heterocycles. The first-order valence-corrected chi connectivity index (χ1v) is 24.5. The fraction of sp³-hybridized carbons (Fsp3) is 0.660. The highest BCUT2D eigenvalue weighted by atomic mass is 33.1. The first-order valence-electron chi connectivity index (χ1n) is 21.8. The molecule has 17 nitrogen and oxygen atoms in total. The summed E-state index contributed by atoms with van der Waals surface area (Å²) < 4.78 is 41.8. The molecule has 1 amide bonds. The topological polar surface area (TPSA) is 240 Å². The average molecular weight is 964 g/mol. The maximum atomic E-state index is 15.8. The molecule has 3 aliphatic carbocycles. The summed E-state index contributed by atoms with van der Waals surface area (Å²) in [7, 11) is 4.16. The molecule has 4 N–H and O–H groups in total. The van der Waals surface area contributed by atoms with E-state index in [4.69, 9.17) is 33.2 Å². The standard InChI is InChI=1S/C47H65NO16S2/c1-23(2)18-28(48-42(56)64-43(6,7)8)35(52)41(55)60-30-21-47(57)39(62-40(54)27-19-24(3)14-15-29(27)58-12)37-45(11,31(50)20-32-46(37,22-59-32)63-26(5)49)38(53)36(34(25(30)4)44(47,9)10)61-33(51)16-17-66-65-13/h14-15,18-19,28,30-32,35-37,39,50,52,57H,16-17,20-22H2,1-13H3,(H,48,56)/t28-,30-,31-,32+,35+,36+,37-,39?,45+,46-,47+/m0/s1. The number of hydrogen-bond donors (Lipinski definition) is 4. The van der Waals surface area contributed by atoms with Crippen molar-refractivity contribution in [1.82, 2.24) is 5.32 Å². The molecule has 1 aromatic carbocycles. The average Bonchev–Trinajstić information content (AvgIpc) is 3.20. The summed E-state index contributed by atoms with van der Waals surface area (Å²) >= 11 is 0. The van der Waals surface area contributed by atoms with Gasteiger partial charge in [-0.25, -0.2) is 14.4 Å². The molecule has 0 spiro atoms. The number of hydrogen-bond acceptors (Lipinski definition) is 18. The Labute approximate surface area is 393 Å². The smallest absolute Gasteiger partial charge is 0.408 e. The Morgan fingerprint density at radius 2 is 1.71 bits per heavy atom. The summed E-state index contributed by atoms with van der Waals surface area (Å²) in [5.74, 6) is -5.91. The zero-order chi connectivity index (χ0) is 49.5. The number of benzene rings is 1. The zero-order valence-corrected chi connectivity index (χ0v) is 41.6. The second-order valence-corrected chi connectivity index (χ2v) is 22.2. The number of aliphatic hydroxyl groups is 3. The van der Waals surface area contributed by atoms with Crippen molar-refractivity contribution in [3.63, 3.8) is 0 Å². The van der Waals surface area contributed by atoms with E-state index in [1.165, 1.54) is 54.7 Å². The second kappa shape index (κ2) is 19.8. The Morgan fingerprint density at radius 1 is 1.05 bits per heavy atom. The Morgan fingerprint density at radius 3 is 2.27 bits per heavy atom. The van der Waals surface area contributed by atoms with Crippen molar-refractivity contribution in [2.24, 2.45) is 16.7 Å². The van der Waals surface area contributed by atoms with E-state index in [1.54, 1.807) is 67.5 Å². The molecule has 2 saturated carbocycles. The van der Waals surface area contributed by atoms with E-state index in [2.05, 4.69) is 5.32 Å². The summed E-state index contributed by atoms with van der Waals surface area (Å²) in [5, 5.41) is 40.2. The van der Waals surface area contributed by atoms with Gasteiger partial charge in [0.1, 0.15) is 40.8 Å². The maximum absolute atomic E-state index is 15.8. The number of alkyl carbamates (subject to hydrolysis) is 1. The molecule has 0 radical (unpaired) electrons. The van der Waals surface area contributed by atoms with Crippen LogP contribution in [0.1, 0.15) is 104 Å². The van der Waals surface area contributed by atoms with E-state index in [0.29, 0.717) is 16.9 Å².